The number of hydrogen-bond acceptors (Lipinski definition) is 6. The average molecular weight is 493 g/mol. The molecule has 0 unspecified atom stereocenters. The molecule has 1 aromatic carbocycles. The predicted molar refractivity (Wildman–Crippen MR) is 135 cm³/mol. The van der Waals surface area contributed by atoms with Gasteiger partial charge in [-0.25, -0.2) is 13.4 Å². The van der Waals surface area contributed by atoms with E-state index >= 15 is 0 Å². The summed E-state index contributed by atoms with van der Waals surface area (Å²) >= 11 is 0. The molecule has 2 aliphatic heterocycles. The number of likely N-dealkylation sites (tertiary alicyclic amines) is 1. The number of anilines is 1. The summed E-state index contributed by atoms with van der Waals surface area (Å²) in [5.74, 6) is 0.446. The van der Waals surface area contributed by atoms with Crippen molar-refractivity contribution in [3.8, 4) is 0 Å². The van der Waals surface area contributed by atoms with Crippen LogP contribution >= 0.6 is 0 Å². The first-order valence-corrected chi connectivity index (χ1v) is 13.8. The molecule has 0 spiro atoms. The number of carbonyl (C=O) groups excluding carboxylic acids is 1. The van der Waals surface area contributed by atoms with Gasteiger partial charge in [-0.3, -0.25) is 14.4 Å². The van der Waals surface area contributed by atoms with Crippen LogP contribution in [0.25, 0.3) is 21.8 Å². The Kier molecular flexibility index (Phi) is 5.19. The van der Waals surface area contributed by atoms with Crippen molar-refractivity contribution < 1.29 is 13.2 Å². The highest BCUT2D eigenvalue weighted by Gasteiger charge is 2.36. The molecule has 0 aliphatic carbocycles. The lowest BCUT2D eigenvalue weighted by Gasteiger charge is -2.26. The summed E-state index contributed by atoms with van der Waals surface area (Å²) in [5.41, 5.74) is 4.20. The number of pyridine rings is 1. The maximum Gasteiger partial charge on any atom is 0.256 e. The Morgan fingerprint density at radius 2 is 2.06 bits per heavy atom. The van der Waals surface area contributed by atoms with Crippen molar-refractivity contribution in [1.29, 1.82) is 0 Å². The molecule has 2 fully saturated rings. The largest absolute Gasteiger partial charge is 0.357 e. The second-order valence-electron chi connectivity index (χ2n) is 9.86. The fraction of sp³-hybridized carbons (Fsp3) is 0.400. The van der Waals surface area contributed by atoms with Crippen molar-refractivity contribution in [2.75, 3.05) is 23.4 Å². The van der Waals surface area contributed by atoms with Crippen LogP contribution in [-0.2, 0) is 16.4 Å². The summed E-state index contributed by atoms with van der Waals surface area (Å²) in [6, 6.07) is 9.83. The molecule has 0 radical (unpaired) electrons. The number of aryl methyl sites for hydroxylation is 1. The van der Waals surface area contributed by atoms with Crippen molar-refractivity contribution in [3.05, 3.63) is 53.5 Å². The molecule has 182 valence electrons. The number of aromatic amines is 1. The molecule has 1 amide bonds. The van der Waals surface area contributed by atoms with Gasteiger partial charge in [0, 0.05) is 46.9 Å². The van der Waals surface area contributed by atoms with Gasteiger partial charge in [0.1, 0.15) is 5.82 Å². The number of carbonyl (C=O) groups is 1. The minimum Gasteiger partial charge on any atom is -0.357 e. The predicted octanol–water partition coefficient (Wildman–Crippen LogP) is 3.43. The van der Waals surface area contributed by atoms with Gasteiger partial charge in [0.15, 0.2) is 9.84 Å². The molecule has 2 saturated heterocycles. The van der Waals surface area contributed by atoms with E-state index < -0.39 is 9.84 Å². The lowest BCUT2D eigenvalue weighted by atomic mass is 10.1. The van der Waals surface area contributed by atoms with Crippen molar-refractivity contribution in [3.63, 3.8) is 0 Å². The average Bonchev–Trinajstić information content (AvgIpc) is 3.49. The monoisotopic (exact) mass is 492 g/mol. The zero-order valence-corrected chi connectivity index (χ0v) is 20.6. The highest BCUT2D eigenvalue weighted by atomic mass is 32.2. The molecular weight excluding hydrogens is 464 g/mol. The number of rotatable bonds is 5. The molecule has 2 N–H and O–H groups in total. The van der Waals surface area contributed by atoms with E-state index in [-0.39, 0.29) is 23.5 Å². The van der Waals surface area contributed by atoms with Crippen LogP contribution < -0.4 is 5.32 Å². The molecule has 1 atom stereocenters. The first kappa shape index (κ1) is 22.2. The Balaban J connectivity index is 1.20. The minimum atomic E-state index is -2.95. The number of aromatic nitrogens is 4. The standard InChI is InChI=1S/C25H28N6O3S/c1-15-4-3-7-30(15)12-19-8-18-11-26-24(10-22(18)27-19)28-25(32)17-5-6-23-21(9-17)16(2)29-31(23)20-13-35(33,34)14-20/h5-6,8-11,15,20,27H,3-4,7,12-14H2,1-2H3,(H,26,28,32)/t15-/m0/s1. The van der Waals surface area contributed by atoms with E-state index in [1.54, 1.807) is 23.0 Å². The summed E-state index contributed by atoms with van der Waals surface area (Å²) in [5, 5.41) is 9.30. The summed E-state index contributed by atoms with van der Waals surface area (Å²) in [7, 11) is -2.95. The highest BCUT2D eigenvalue weighted by Crippen LogP contribution is 2.30. The molecular formula is C25H28N6O3S. The van der Waals surface area contributed by atoms with E-state index in [0.29, 0.717) is 17.4 Å². The molecule has 5 heterocycles. The zero-order valence-electron chi connectivity index (χ0n) is 19.8. The molecule has 6 rings (SSSR count). The fourth-order valence-electron chi connectivity index (χ4n) is 5.27. The van der Waals surface area contributed by atoms with Crippen molar-refractivity contribution in [2.45, 2.75) is 45.3 Å². The van der Waals surface area contributed by atoms with Crippen LogP contribution in [0.4, 0.5) is 5.82 Å². The topological polar surface area (TPSA) is 113 Å². The molecule has 0 saturated carbocycles. The van der Waals surface area contributed by atoms with E-state index in [4.69, 9.17) is 0 Å². The third-order valence-corrected chi connectivity index (χ3v) is 9.04. The third-order valence-electron chi connectivity index (χ3n) is 7.26. The van der Waals surface area contributed by atoms with E-state index in [1.807, 2.05) is 19.1 Å². The van der Waals surface area contributed by atoms with Crippen molar-refractivity contribution in [2.24, 2.45) is 0 Å². The van der Waals surface area contributed by atoms with Crippen LogP contribution in [0.3, 0.4) is 0 Å². The van der Waals surface area contributed by atoms with E-state index in [0.717, 1.165) is 46.3 Å². The molecule has 2 aliphatic rings. The Morgan fingerprint density at radius 1 is 1.23 bits per heavy atom. The van der Waals surface area contributed by atoms with Crippen LogP contribution in [0.2, 0.25) is 0 Å². The molecule has 35 heavy (non-hydrogen) atoms. The lowest BCUT2D eigenvalue weighted by molar-refractivity contribution is 0.102. The van der Waals surface area contributed by atoms with Crippen molar-refractivity contribution >= 4 is 43.4 Å². The van der Waals surface area contributed by atoms with Gasteiger partial charge in [0.25, 0.3) is 5.91 Å². The Bertz CT molecular complexity index is 1560. The Labute approximate surface area is 203 Å². The number of H-pyrrole nitrogens is 1. The van der Waals surface area contributed by atoms with Crippen LogP contribution in [0.15, 0.2) is 36.5 Å². The summed E-state index contributed by atoms with van der Waals surface area (Å²) in [4.78, 5) is 23.4. The van der Waals surface area contributed by atoms with Gasteiger partial charge in [-0.1, -0.05) is 0 Å². The second-order valence-corrected chi connectivity index (χ2v) is 12.0. The number of nitrogens with one attached hydrogen (secondary N) is 2. The van der Waals surface area contributed by atoms with Gasteiger partial charge < -0.3 is 10.3 Å². The Hall–Kier alpha value is -3.24. The number of sulfone groups is 1. The van der Waals surface area contributed by atoms with Crippen LogP contribution in [0.1, 0.15) is 47.6 Å². The van der Waals surface area contributed by atoms with Crippen LogP contribution in [0.5, 0.6) is 0 Å². The second kappa shape index (κ2) is 8.17. The molecule has 3 aromatic heterocycles. The number of amides is 1. The third kappa shape index (κ3) is 4.10. The van der Waals surface area contributed by atoms with Crippen molar-refractivity contribution in [1.82, 2.24) is 24.6 Å². The number of nitrogens with zero attached hydrogens (tertiary/aromatic N) is 4. The zero-order chi connectivity index (χ0) is 24.3. The first-order valence-electron chi connectivity index (χ1n) is 12.0. The Morgan fingerprint density at radius 3 is 2.80 bits per heavy atom. The number of hydrogen-bond donors (Lipinski definition) is 2. The molecule has 4 aromatic rings. The van der Waals surface area contributed by atoms with Gasteiger partial charge in [0.2, 0.25) is 0 Å². The normalized spacial score (nSPS) is 20.5. The SMILES string of the molecule is Cc1nn(C2CS(=O)(=O)C2)c2ccc(C(=O)Nc3cc4[nH]c(CN5CCC[C@@H]5C)cc4cn3)cc12. The molecule has 0 bridgehead atoms. The number of fused-ring (bicyclic) bond motifs is 2. The maximum absolute atomic E-state index is 13.0. The smallest absolute Gasteiger partial charge is 0.256 e. The quantitative estimate of drug-likeness (QED) is 0.441. The first-order chi connectivity index (χ1) is 16.8. The van der Waals surface area contributed by atoms with E-state index in [9.17, 15) is 13.2 Å². The molecule has 10 heteroatoms. The van der Waals surface area contributed by atoms with Gasteiger partial charge in [0.05, 0.1) is 34.3 Å². The maximum atomic E-state index is 13.0. The summed E-state index contributed by atoms with van der Waals surface area (Å²) in [6.45, 7) is 6.15. The van der Waals surface area contributed by atoms with E-state index in [2.05, 4.69) is 38.3 Å². The highest BCUT2D eigenvalue weighted by molar-refractivity contribution is 7.92. The fourth-order valence-corrected chi connectivity index (χ4v) is 6.62. The minimum absolute atomic E-state index is 0.108. The molecule has 9 nitrogen and oxygen atoms in total. The summed E-state index contributed by atoms with van der Waals surface area (Å²) < 4.78 is 25.0. The van der Waals surface area contributed by atoms with Crippen LogP contribution in [0, 0.1) is 6.92 Å². The van der Waals surface area contributed by atoms with Gasteiger partial charge in [-0.05, 0) is 57.5 Å². The van der Waals surface area contributed by atoms with E-state index in [1.165, 1.54) is 12.8 Å². The van der Waals surface area contributed by atoms with Gasteiger partial charge in [-0.15, -0.1) is 0 Å². The van der Waals surface area contributed by atoms with Gasteiger partial charge >= 0.3 is 0 Å². The number of benzene rings is 1. The summed E-state index contributed by atoms with van der Waals surface area (Å²) in [6.07, 6.45) is 4.27. The van der Waals surface area contributed by atoms with Crippen LogP contribution in [-0.4, -0.2) is 63.1 Å². The lowest BCUT2D eigenvalue weighted by Crippen LogP contribution is -2.38. The van der Waals surface area contributed by atoms with Gasteiger partial charge in [-0.2, -0.15) is 5.10 Å².